The molecule has 1 unspecified atom stereocenters. The summed E-state index contributed by atoms with van der Waals surface area (Å²) in [5.74, 6) is -0.849. The van der Waals surface area contributed by atoms with Crippen molar-refractivity contribution < 1.29 is 13.7 Å². The van der Waals surface area contributed by atoms with E-state index in [0.717, 1.165) is 0 Å². The van der Waals surface area contributed by atoms with Gasteiger partial charge >= 0.3 is 0 Å². The van der Waals surface area contributed by atoms with E-state index in [1.807, 2.05) is 0 Å². The average molecular weight is 385 g/mol. The van der Waals surface area contributed by atoms with Crippen molar-refractivity contribution in [1.82, 2.24) is 10.1 Å². The van der Waals surface area contributed by atoms with Crippen LogP contribution in [0, 0.1) is 12.9 Å². The lowest BCUT2D eigenvalue weighted by atomic mass is 9.94. The van der Waals surface area contributed by atoms with Gasteiger partial charge in [0.05, 0.1) is 29.0 Å². The van der Waals surface area contributed by atoms with Crippen molar-refractivity contribution in [3.8, 4) is 11.1 Å². The van der Waals surface area contributed by atoms with Crippen LogP contribution in [-0.4, -0.2) is 21.8 Å². The molecule has 0 bridgehead atoms. The first-order chi connectivity index (χ1) is 13.0. The Labute approximate surface area is 158 Å². The number of halogens is 2. The topological polar surface area (TPSA) is 94.4 Å². The van der Waals surface area contributed by atoms with Crippen LogP contribution in [0.25, 0.3) is 11.1 Å². The molecule has 6 nitrogen and oxygen atoms in total. The molecule has 0 saturated heterocycles. The van der Waals surface area contributed by atoms with Gasteiger partial charge in [0.1, 0.15) is 6.04 Å². The van der Waals surface area contributed by atoms with Gasteiger partial charge in [0.2, 0.25) is 11.9 Å². The third-order valence-electron chi connectivity index (χ3n) is 4.40. The van der Waals surface area contributed by atoms with Gasteiger partial charge in [-0.05, 0) is 25.1 Å². The molecule has 1 atom stereocenters. The minimum Gasteiger partial charge on any atom is -0.370 e. The molecule has 8 heteroatoms. The van der Waals surface area contributed by atoms with E-state index in [-0.39, 0.29) is 12.0 Å². The Morgan fingerprint density at radius 3 is 2.70 bits per heavy atom. The number of aryl methyl sites for hydroxylation is 1. The molecule has 3 aromatic rings. The summed E-state index contributed by atoms with van der Waals surface area (Å²) in [5.41, 5.74) is 8.34. The number of nitrogens with two attached hydrogens (primary N) is 1. The Balaban J connectivity index is 2.04. The summed E-state index contributed by atoms with van der Waals surface area (Å²) in [7, 11) is 0. The van der Waals surface area contributed by atoms with Crippen LogP contribution in [-0.2, 0) is 4.79 Å². The molecule has 2 N–H and O–H groups in total. The quantitative estimate of drug-likeness (QED) is 0.698. The lowest BCUT2D eigenvalue weighted by Gasteiger charge is -2.11. The van der Waals surface area contributed by atoms with Gasteiger partial charge in [-0.3, -0.25) is 9.79 Å². The highest BCUT2D eigenvalue weighted by Crippen LogP contribution is 2.41. The van der Waals surface area contributed by atoms with E-state index in [1.54, 1.807) is 37.3 Å². The van der Waals surface area contributed by atoms with E-state index < -0.39 is 17.9 Å². The molecule has 0 spiro atoms. The van der Waals surface area contributed by atoms with E-state index in [0.29, 0.717) is 38.9 Å². The molecule has 1 aromatic carbocycles. The molecular formula is C19H14ClFN4O2. The number of aromatic nitrogens is 2. The molecule has 2 aromatic heterocycles. The first kappa shape index (κ1) is 17.4. The Morgan fingerprint density at radius 2 is 2.00 bits per heavy atom. The van der Waals surface area contributed by atoms with Gasteiger partial charge < -0.3 is 10.3 Å². The van der Waals surface area contributed by atoms with Gasteiger partial charge in [-0.15, -0.1) is 0 Å². The first-order valence-electron chi connectivity index (χ1n) is 8.19. The SMILES string of the molecule is Cc1noc2c1-c1ccnc(F)c1C(c1ccc(Cl)cc1)=NC2CC(N)=O. The van der Waals surface area contributed by atoms with Gasteiger partial charge in [-0.1, -0.05) is 28.9 Å². The lowest BCUT2D eigenvalue weighted by molar-refractivity contribution is -0.118. The van der Waals surface area contributed by atoms with E-state index >= 15 is 0 Å². The largest absolute Gasteiger partial charge is 0.370 e. The van der Waals surface area contributed by atoms with Gasteiger partial charge in [0, 0.05) is 22.3 Å². The maximum Gasteiger partial charge on any atom is 0.222 e. The number of pyridine rings is 1. The summed E-state index contributed by atoms with van der Waals surface area (Å²) >= 11 is 5.98. The number of primary amides is 1. The number of aliphatic imine (C=N–C) groups is 1. The van der Waals surface area contributed by atoms with Crippen LogP contribution in [0.2, 0.25) is 5.02 Å². The number of fused-ring (bicyclic) bond motifs is 3. The van der Waals surface area contributed by atoms with Crippen molar-refractivity contribution in [2.75, 3.05) is 0 Å². The number of benzene rings is 1. The van der Waals surface area contributed by atoms with E-state index in [9.17, 15) is 9.18 Å². The van der Waals surface area contributed by atoms with Crippen LogP contribution in [0.1, 0.15) is 35.0 Å². The number of hydrogen-bond acceptors (Lipinski definition) is 5. The molecular weight excluding hydrogens is 371 g/mol. The fourth-order valence-corrected chi connectivity index (χ4v) is 3.37. The summed E-state index contributed by atoms with van der Waals surface area (Å²) in [6.45, 7) is 1.75. The number of rotatable bonds is 3. The molecule has 1 aliphatic heterocycles. The standard InChI is InChI=1S/C19H14ClFN4O2/c1-9-15-12-6-7-23-19(21)16(12)17(10-2-4-11(20)5-3-10)24-13(8-14(22)26)18(15)27-25-9/h2-7,13H,8H2,1H3,(H2,22,26). The second-order valence-corrected chi connectivity index (χ2v) is 6.64. The highest BCUT2D eigenvalue weighted by Gasteiger charge is 2.33. The van der Waals surface area contributed by atoms with Crippen molar-refractivity contribution in [2.45, 2.75) is 19.4 Å². The van der Waals surface area contributed by atoms with Crippen LogP contribution in [0.3, 0.4) is 0 Å². The zero-order valence-electron chi connectivity index (χ0n) is 14.2. The number of amides is 1. The molecule has 136 valence electrons. The third-order valence-corrected chi connectivity index (χ3v) is 4.65. The molecule has 27 heavy (non-hydrogen) atoms. The van der Waals surface area contributed by atoms with Gasteiger partial charge in [-0.25, -0.2) is 4.98 Å². The second-order valence-electron chi connectivity index (χ2n) is 6.20. The van der Waals surface area contributed by atoms with E-state index in [2.05, 4.69) is 15.1 Å². The maximum absolute atomic E-state index is 14.8. The maximum atomic E-state index is 14.8. The minimum atomic E-state index is -0.726. The van der Waals surface area contributed by atoms with Gasteiger partial charge in [0.15, 0.2) is 5.76 Å². The highest BCUT2D eigenvalue weighted by molar-refractivity contribution is 6.30. The first-order valence-corrected chi connectivity index (χ1v) is 8.57. The minimum absolute atomic E-state index is 0.0955. The lowest BCUT2D eigenvalue weighted by Crippen LogP contribution is -2.15. The zero-order valence-corrected chi connectivity index (χ0v) is 15.0. The van der Waals surface area contributed by atoms with Crippen molar-refractivity contribution in [3.05, 3.63) is 70.1 Å². The number of nitrogens with zero attached hydrogens (tertiary/aromatic N) is 3. The third kappa shape index (κ3) is 3.00. The van der Waals surface area contributed by atoms with E-state index in [1.165, 1.54) is 6.20 Å². The molecule has 0 fully saturated rings. The van der Waals surface area contributed by atoms with Crippen molar-refractivity contribution in [1.29, 1.82) is 0 Å². The van der Waals surface area contributed by atoms with Gasteiger partial charge in [-0.2, -0.15) is 4.39 Å². The molecule has 0 saturated carbocycles. The zero-order chi connectivity index (χ0) is 19.1. The summed E-state index contributed by atoms with van der Waals surface area (Å²) in [4.78, 5) is 20.0. The van der Waals surface area contributed by atoms with Crippen LogP contribution in [0.4, 0.5) is 4.39 Å². The summed E-state index contributed by atoms with van der Waals surface area (Å²) in [6.07, 6.45) is 1.28. The second kappa shape index (κ2) is 6.59. The Hall–Kier alpha value is -3.06. The molecule has 1 amide bonds. The fraction of sp³-hybridized carbons (Fsp3) is 0.158. The van der Waals surface area contributed by atoms with Crippen molar-refractivity contribution in [2.24, 2.45) is 10.7 Å². The Bertz CT molecular complexity index is 1080. The Kier molecular flexibility index (Phi) is 4.24. The van der Waals surface area contributed by atoms with Crippen molar-refractivity contribution in [3.63, 3.8) is 0 Å². The van der Waals surface area contributed by atoms with Gasteiger partial charge in [0.25, 0.3) is 0 Å². The normalized spacial score (nSPS) is 15.5. The summed E-state index contributed by atoms with van der Waals surface area (Å²) < 4.78 is 20.3. The van der Waals surface area contributed by atoms with Crippen LogP contribution < -0.4 is 5.73 Å². The van der Waals surface area contributed by atoms with Crippen LogP contribution in [0.15, 0.2) is 46.0 Å². The molecule has 0 aliphatic carbocycles. The summed E-state index contributed by atoms with van der Waals surface area (Å²) in [6, 6.07) is 7.79. The summed E-state index contributed by atoms with van der Waals surface area (Å²) in [5, 5.41) is 4.52. The predicted octanol–water partition coefficient (Wildman–Crippen LogP) is 3.61. The Morgan fingerprint density at radius 1 is 1.26 bits per heavy atom. The molecule has 0 radical (unpaired) electrons. The highest BCUT2D eigenvalue weighted by atomic mass is 35.5. The molecule has 3 heterocycles. The smallest absolute Gasteiger partial charge is 0.222 e. The van der Waals surface area contributed by atoms with E-state index in [4.69, 9.17) is 21.9 Å². The van der Waals surface area contributed by atoms with Crippen LogP contribution >= 0.6 is 11.6 Å². The fourth-order valence-electron chi connectivity index (χ4n) is 3.25. The number of carbonyl (C=O) groups is 1. The predicted molar refractivity (Wildman–Crippen MR) is 98.1 cm³/mol. The van der Waals surface area contributed by atoms with Crippen LogP contribution in [0.5, 0.6) is 0 Å². The molecule has 1 aliphatic rings. The number of carbonyl (C=O) groups excluding carboxylic acids is 1. The monoisotopic (exact) mass is 384 g/mol. The van der Waals surface area contributed by atoms with Crippen molar-refractivity contribution >= 4 is 23.2 Å². The molecule has 4 rings (SSSR count). The average Bonchev–Trinajstić information content (AvgIpc) is 2.94. The number of hydrogen-bond donors (Lipinski definition) is 1.